The lowest BCUT2D eigenvalue weighted by molar-refractivity contribution is 0.0529. The van der Waals surface area contributed by atoms with E-state index in [-0.39, 0.29) is 17.5 Å². The number of nitrogens with one attached hydrogen (secondary N) is 1. The van der Waals surface area contributed by atoms with Crippen LogP contribution in [-0.4, -0.2) is 61.4 Å². The number of nitrogens with zero attached hydrogens (tertiary/aromatic N) is 4. The Bertz CT molecular complexity index is 1140. The summed E-state index contributed by atoms with van der Waals surface area (Å²) in [5, 5.41) is 9.23. The normalized spacial score (nSPS) is 19.3. The number of carboxylic acid groups (broad SMARTS) is 1. The van der Waals surface area contributed by atoms with Gasteiger partial charge in [0.05, 0.1) is 23.6 Å². The number of H-pyrrole nitrogens is 1. The predicted octanol–water partition coefficient (Wildman–Crippen LogP) is 3.15. The highest BCUT2D eigenvalue weighted by molar-refractivity contribution is 5.97. The fourth-order valence-electron chi connectivity index (χ4n) is 5.17. The van der Waals surface area contributed by atoms with Crippen molar-refractivity contribution in [1.29, 1.82) is 0 Å². The van der Waals surface area contributed by atoms with E-state index in [4.69, 9.17) is 0 Å². The molecule has 2 N–H and O–H groups in total. The second kappa shape index (κ2) is 9.15. The van der Waals surface area contributed by atoms with Gasteiger partial charge in [0.2, 0.25) is 0 Å². The Morgan fingerprint density at radius 3 is 2.67 bits per heavy atom. The second-order valence-corrected chi connectivity index (χ2v) is 8.81. The van der Waals surface area contributed by atoms with Gasteiger partial charge in [0.1, 0.15) is 0 Å². The lowest BCUT2D eigenvalue weighted by Gasteiger charge is -2.43. The summed E-state index contributed by atoms with van der Waals surface area (Å²) in [5.74, 6) is -0.740. The number of aromatic amines is 1. The molecule has 2 aliphatic heterocycles. The third kappa shape index (κ3) is 4.39. The Labute approximate surface area is 192 Å². The van der Waals surface area contributed by atoms with Crippen LogP contribution in [0.2, 0.25) is 0 Å². The summed E-state index contributed by atoms with van der Waals surface area (Å²) in [6.07, 6.45) is 8.21. The first-order valence-electron chi connectivity index (χ1n) is 11.4. The highest BCUT2D eigenvalue weighted by Gasteiger charge is 2.38. The minimum Gasteiger partial charge on any atom is -0.478 e. The highest BCUT2D eigenvalue weighted by Crippen LogP contribution is 2.39. The van der Waals surface area contributed by atoms with Crippen LogP contribution in [0.4, 0.5) is 0 Å². The number of benzene rings is 1. The number of hydrogen-bond donors (Lipinski definition) is 2. The van der Waals surface area contributed by atoms with Crippen molar-refractivity contribution in [3.8, 4) is 0 Å². The summed E-state index contributed by atoms with van der Waals surface area (Å²) >= 11 is 0. The van der Waals surface area contributed by atoms with Crippen LogP contribution in [0.3, 0.4) is 0 Å². The van der Waals surface area contributed by atoms with Crippen molar-refractivity contribution in [3.05, 3.63) is 83.2 Å². The minimum atomic E-state index is -1.02. The number of fused-ring (bicyclic) bond motifs is 1. The van der Waals surface area contributed by atoms with Crippen LogP contribution in [0.15, 0.2) is 55.1 Å². The molecule has 1 fully saturated rings. The fraction of sp³-hybridized carbons (Fsp3) is 0.360. The number of rotatable bonds is 5. The van der Waals surface area contributed by atoms with Crippen molar-refractivity contribution in [2.75, 3.05) is 19.6 Å². The molecule has 8 nitrogen and oxygen atoms in total. The molecule has 170 valence electrons. The molecule has 5 rings (SSSR count). The van der Waals surface area contributed by atoms with Crippen molar-refractivity contribution in [2.45, 2.75) is 31.8 Å². The monoisotopic (exact) mass is 445 g/mol. The Hall–Kier alpha value is -3.52. The van der Waals surface area contributed by atoms with Gasteiger partial charge in [0.15, 0.2) is 0 Å². The smallest absolute Gasteiger partial charge is 0.335 e. The van der Waals surface area contributed by atoms with Crippen LogP contribution in [0.5, 0.6) is 0 Å². The molecule has 33 heavy (non-hydrogen) atoms. The van der Waals surface area contributed by atoms with Gasteiger partial charge in [0, 0.05) is 56.3 Å². The fourth-order valence-corrected chi connectivity index (χ4v) is 5.17. The molecule has 8 heteroatoms. The van der Waals surface area contributed by atoms with Gasteiger partial charge in [-0.25, -0.2) is 9.78 Å². The van der Waals surface area contributed by atoms with Gasteiger partial charge in [0.25, 0.3) is 5.91 Å². The Morgan fingerprint density at radius 1 is 1.09 bits per heavy atom. The number of likely N-dealkylation sites (tertiary alicyclic amines) is 1. The van der Waals surface area contributed by atoms with E-state index in [1.807, 2.05) is 17.2 Å². The van der Waals surface area contributed by atoms with E-state index in [9.17, 15) is 14.7 Å². The number of imidazole rings is 1. The number of carbonyl (C=O) groups is 2. The van der Waals surface area contributed by atoms with E-state index in [1.54, 1.807) is 24.7 Å². The van der Waals surface area contributed by atoms with Gasteiger partial charge >= 0.3 is 5.97 Å². The number of carboxylic acids is 1. The molecule has 3 aromatic rings. The number of carbonyl (C=O) groups excluding carboxylic acids is 1. The average molecular weight is 446 g/mol. The first-order chi connectivity index (χ1) is 16.1. The van der Waals surface area contributed by atoms with Crippen LogP contribution in [0, 0.1) is 5.92 Å². The van der Waals surface area contributed by atoms with Crippen LogP contribution >= 0.6 is 0 Å². The number of amides is 1. The zero-order valence-corrected chi connectivity index (χ0v) is 18.4. The molecule has 0 spiro atoms. The molecule has 2 aromatic heterocycles. The Balaban J connectivity index is 1.31. The topological polar surface area (TPSA) is 102 Å². The van der Waals surface area contributed by atoms with Crippen LogP contribution in [0.25, 0.3) is 0 Å². The average Bonchev–Trinajstić information content (AvgIpc) is 3.33. The zero-order chi connectivity index (χ0) is 22.8. The van der Waals surface area contributed by atoms with Crippen molar-refractivity contribution in [3.63, 3.8) is 0 Å². The first kappa shape index (κ1) is 21.3. The quantitative estimate of drug-likeness (QED) is 0.626. The number of pyridine rings is 1. The molecule has 1 unspecified atom stereocenters. The predicted molar refractivity (Wildman–Crippen MR) is 122 cm³/mol. The van der Waals surface area contributed by atoms with Crippen molar-refractivity contribution < 1.29 is 14.7 Å². The van der Waals surface area contributed by atoms with Gasteiger partial charge in [-0.1, -0.05) is 12.1 Å². The molecule has 1 saturated heterocycles. The van der Waals surface area contributed by atoms with Gasteiger partial charge in [-0.3, -0.25) is 14.7 Å². The standard InChI is InChI=1S/C25H27N5O3/c31-24(19-4-1-5-20(13-19)25(32)33)29-10-6-18(7-11-29)23-22-21(27-16-28-22)8-12-30(23)15-17-3-2-9-26-14-17/h1-5,9,13-14,16,18,23H,6-8,10-12,15H2,(H,27,28)(H,32,33). The van der Waals surface area contributed by atoms with E-state index in [2.05, 4.69) is 25.9 Å². The molecule has 1 atom stereocenters. The Morgan fingerprint density at radius 2 is 1.91 bits per heavy atom. The molecule has 4 heterocycles. The highest BCUT2D eigenvalue weighted by atomic mass is 16.4. The van der Waals surface area contributed by atoms with E-state index >= 15 is 0 Å². The van der Waals surface area contributed by atoms with E-state index in [1.165, 1.54) is 23.4 Å². The summed E-state index contributed by atoms with van der Waals surface area (Å²) < 4.78 is 0. The second-order valence-electron chi connectivity index (χ2n) is 8.81. The molecular formula is C25H27N5O3. The molecule has 0 radical (unpaired) electrons. The first-order valence-corrected chi connectivity index (χ1v) is 11.4. The maximum Gasteiger partial charge on any atom is 0.335 e. The minimum absolute atomic E-state index is 0.104. The summed E-state index contributed by atoms with van der Waals surface area (Å²) in [6, 6.07) is 10.6. The Kier molecular flexibility index (Phi) is 5.92. The third-order valence-corrected chi connectivity index (χ3v) is 6.81. The van der Waals surface area contributed by atoms with Crippen LogP contribution < -0.4 is 0 Å². The molecule has 0 saturated carbocycles. The van der Waals surface area contributed by atoms with Crippen molar-refractivity contribution in [1.82, 2.24) is 24.8 Å². The number of aromatic carboxylic acids is 1. The molecule has 0 bridgehead atoms. The van der Waals surface area contributed by atoms with Crippen LogP contribution in [-0.2, 0) is 13.0 Å². The number of hydrogen-bond acceptors (Lipinski definition) is 5. The van der Waals surface area contributed by atoms with Gasteiger partial charge in [-0.05, 0) is 48.6 Å². The molecule has 0 aliphatic carbocycles. The summed E-state index contributed by atoms with van der Waals surface area (Å²) in [4.78, 5) is 40.9. The SMILES string of the molecule is O=C(O)c1cccc(C(=O)N2CCC(C3c4nc[nH]c4CCN3Cc3cccnc3)CC2)c1. The van der Waals surface area contributed by atoms with Crippen LogP contribution in [0.1, 0.15) is 56.6 Å². The van der Waals surface area contributed by atoms with Gasteiger partial charge in [-0.15, -0.1) is 0 Å². The van der Waals surface area contributed by atoms with E-state index in [0.29, 0.717) is 24.6 Å². The lowest BCUT2D eigenvalue weighted by atomic mass is 9.83. The molecule has 1 aromatic carbocycles. The molecule has 1 amide bonds. The van der Waals surface area contributed by atoms with E-state index in [0.717, 1.165) is 38.0 Å². The molecular weight excluding hydrogens is 418 g/mol. The maximum atomic E-state index is 13.0. The van der Waals surface area contributed by atoms with Crippen molar-refractivity contribution >= 4 is 11.9 Å². The summed E-state index contributed by atoms with van der Waals surface area (Å²) in [6.45, 7) is 3.08. The summed E-state index contributed by atoms with van der Waals surface area (Å²) in [5.41, 5.74) is 4.09. The van der Waals surface area contributed by atoms with Gasteiger partial charge < -0.3 is 15.0 Å². The van der Waals surface area contributed by atoms with E-state index < -0.39 is 5.97 Å². The third-order valence-electron chi connectivity index (χ3n) is 6.81. The zero-order valence-electron chi connectivity index (χ0n) is 18.4. The van der Waals surface area contributed by atoms with Crippen molar-refractivity contribution in [2.24, 2.45) is 5.92 Å². The maximum absolute atomic E-state index is 13.0. The number of aromatic nitrogens is 3. The molecule has 2 aliphatic rings. The lowest BCUT2D eigenvalue weighted by Crippen LogP contribution is -2.45. The summed E-state index contributed by atoms with van der Waals surface area (Å²) in [7, 11) is 0. The largest absolute Gasteiger partial charge is 0.478 e. The van der Waals surface area contributed by atoms with Gasteiger partial charge in [-0.2, -0.15) is 0 Å². The number of piperidine rings is 1.